The van der Waals surface area contributed by atoms with E-state index < -0.39 is 40.7 Å². The van der Waals surface area contributed by atoms with Gasteiger partial charge in [0.1, 0.15) is 28.6 Å². The highest BCUT2D eigenvalue weighted by molar-refractivity contribution is 7.14. The van der Waals surface area contributed by atoms with Crippen LogP contribution in [0.3, 0.4) is 0 Å². The molecule has 178 valence electrons. The van der Waals surface area contributed by atoms with Crippen LogP contribution in [0.2, 0.25) is 0 Å². The molecule has 4 heterocycles. The molecule has 2 aliphatic rings. The van der Waals surface area contributed by atoms with E-state index in [1.165, 1.54) is 15.8 Å². The fourth-order valence-electron chi connectivity index (χ4n) is 4.18. The van der Waals surface area contributed by atoms with Crippen molar-refractivity contribution in [3.8, 4) is 16.3 Å². The maximum absolute atomic E-state index is 14.0. The van der Waals surface area contributed by atoms with E-state index in [1.807, 2.05) is 5.01 Å². The molecular formula is C21H18F3N5O4S. The van der Waals surface area contributed by atoms with Crippen molar-refractivity contribution in [1.82, 2.24) is 19.8 Å². The van der Waals surface area contributed by atoms with Gasteiger partial charge in [0.15, 0.2) is 16.5 Å². The van der Waals surface area contributed by atoms with E-state index in [9.17, 15) is 27.9 Å². The van der Waals surface area contributed by atoms with Gasteiger partial charge in [-0.2, -0.15) is 0 Å². The van der Waals surface area contributed by atoms with Gasteiger partial charge >= 0.3 is 0 Å². The first-order chi connectivity index (χ1) is 16.3. The Morgan fingerprint density at radius 3 is 2.65 bits per heavy atom. The monoisotopic (exact) mass is 493 g/mol. The fourth-order valence-corrected chi connectivity index (χ4v) is 5.04. The summed E-state index contributed by atoms with van der Waals surface area (Å²) in [4.78, 5) is 27.5. The number of aromatic hydroxyl groups is 1. The maximum atomic E-state index is 14.0. The number of halogens is 3. The second-order valence-electron chi connectivity index (χ2n) is 7.75. The van der Waals surface area contributed by atoms with Crippen molar-refractivity contribution in [2.75, 3.05) is 31.3 Å². The van der Waals surface area contributed by atoms with Gasteiger partial charge in [-0.1, -0.05) is 11.3 Å². The number of rotatable bonds is 4. The van der Waals surface area contributed by atoms with E-state index in [0.717, 1.165) is 11.3 Å². The van der Waals surface area contributed by atoms with Gasteiger partial charge < -0.3 is 14.7 Å². The number of amides is 1. The van der Waals surface area contributed by atoms with Gasteiger partial charge in [0.05, 0.1) is 25.3 Å². The molecule has 0 aliphatic carbocycles. The molecule has 0 spiro atoms. The van der Waals surface area contributed by atoms with E-state index in [1.54, 1.807) is 6.92 Å². The molecule has 2 aliphatic heterocycles. The van der Waals surface area contributed by atoms with Crippen molar-refractivity contribution in [3.63, 3.8) is 0 Å². The molecule has 9 nitrogen and oxygen atoms in total. The normalized spacial score (nSPS) is 17.6. The second-order valence-corrected chi connectivity index (χ2v) is 8.81. The average molecular weight is 493 g/mol. The predicted molar refractivity (Wildman–Crippen MR) is 115 cm³/mol. The lowest BCUT2D eigenvalue weighted by Crippen LogP contribution is -2.65. The van der Waals surface area contributed by atoms with Crippen LogP contribution in [0.1, 0.15) is 28.0 Å². The number of ether oxygens (including phenoxy) is 1. The lowest BCUT2D eigenvalue weighted by atomic mass is 10.1. The van der Waals surface area contributed by atoms with Crippen molar-refractivity contribution in [3.05, 3.63) is 62.3 Å². The van der Waals surface area contributed by atoms with E-state index in [4.69, 9.17) is 4.74 Å². The van der Waals surface area contributed by atoms with Gasteiger partial charge in [-0.25, -0.2) is 13.2 Å². The third kappa shape index (κ3) is 3.51. The number of carbonyl (C=O) groups excluding carboxylic acids is 1. The Morgan fingerprint density at radius 2 is 1.94 bits per heavy atom. The number of fused-ring (bicyclic) bond motifs is 3. The van der Waals surface area contributed by atoms with Crippen molar-refractivity contribution in [2.24, 2.45) is 0 Å². The number of hydrogen-bond donors (Lipinski definition) is 1. The molecule has 13 heteroatoms. The first kappa shape index (κ1) is 22.3. The molecule has 2 aromatic heterocycles. The smallest absolute Gasteiger partial charge is 0.278 e. The van der Waals surface area contributed by atoms with Crippen LogP contribution in [-0.4, -0.2) is 63.3 Å². The topological polar surface area (TPSA) is 101 Å². The highest BCUT2D eigenvalue weighted by Crippen LogP contribution is 2.30. The lowest BCUT2D eigenvalue weighted by Gasteiger charge is -2.48. The van der Waals surface area contributed by atoms with Crippen molar-refractivity contribution < 1.29 is 27.8 Å². The van der Waals surface area contributed by atoms with Crippen molar-refractivity contribution in [2.45, 2.75) is 19.5 Å². The summed E-state index contributed by atoms with van der Waals surface area (Å²) >= 11 is 0.899. The summed E-state index contributed by atoms with van der Waals surface area (Å²) in [5, 5.41) is 20.6. The van der Waals surface area contributed by atoms with E-state index in [0.29, 0.717) is 31.8 Å². The van der Waals surface area contributed by atoms with Crippen LogP contribution in [0.5, 0.6) is 5.75 Å². The van der Waals surface area contributed by atoms with Gasteiger partial charge in [-0.15, -0.1) is 10.2 Å². The Hall–Kier alpha value is -3.45. The molecule has 0 unspecified atom stereocenters. The summed E-state index contributed by atoms with van der Waals surface area (Å²) in [5.74, 6) is -4.38. The minimum atomic E-state index is -1.06. The molecule has 1 N–H and O–H groups in total. The quantitative estimate of drug-likeness (QED) is 0.592. The SMILES string of the molecule is CCN1C(=O)c2c(O)c(=O)c(-c3nnc(Cc4c(F)cc(F)cc4F)s3)cn2N2CCOC[C@H]12. The zero-order valence-corrected chi connectivity index (χ0v) is 18.6. The second kappa shape index (κ2) is 8.40. The molecule has 1 fully saturated rings. The number of hydrogen-bond acceptors (Lipinski definition) is 8. The zero-order chi connectivity index (χ0) is 24.1. The van der Waals surface area contributed by atoms with Crippen LogP contribution in [0.4, 0.5) is 13.2 Å². The van der Waals surface area contributed by atoms with Gasteiger partial charge in [0.25, 0.3) is 5.91 Å². The third-order valence-electron chi connectivity index (χ3n) is 5.81. The number of pyridine rings is 1. The lowest BCUT2D eigenvalue weighted by molar-refractivity contribution is 0.00584. The van der Waals surface area contributed by atoms with Gasteiger partial charge in [-0.3, -0.25) is 19.3 Å². The summed E-state index contributed by atoms with van der Waals surface area (Å²) < 4.78 is 48.2. The molecular weight excluding hydrogens is 475 g/mol. The fraction of sp³-hybridized carbons (Fsp3) is 0.333. The van der Waals surface area contributed by atoms with Crippen LogP contribution < -0.4 is 10.4 Å². The molecule has 1 saturated heterocycles. The van der Waals surface area contributed by atoms with Crippen LogP contribution in [0.15, 0.2) is 23.1 Å². The number of morpholine rings is 1. The number of likely N-dealkylation sites (N-methyl/N-ethyl adjacent to an activating group) is 1. The first-order valence-electron chi connectivity index (χ1n) is 10.4. The largest absolute Gasteiger partial charge is 0.502 e. The standard InChI is InChI=1S/C21H18F3N5O4S/c1-2-27-16-9-33-4-3-28(16)29-8-12(18(30)19(31)17(29)21(27)32)20-26-25-15(34-20)7-11-13(23)5-10(22)6-14(11)24/h5-6,8,16,31H,2-4,7,9H2,1H3/t16-/m1/s1. The van der Waals surface area contributed by atoms with Gasteiger partial charge in [-0.05, 0) is 6.92 Å². The molecule has 0 bridgehead atoms. The summed E-state index contributed by atoms with van der Waals surface area (Å²) in [7, 11) is 0. The number of benzene rings is 1. The highest BCUT2D eigenvalue weighted by Gasteiger charge is 2.41. The van der Waals surface area contributed by atoms with E-state index in [2.05, 4.69) is 10.2 Å². The molecule has 3 aromatic rings. The molecule has 0 saturated carbocycles. The Morgan fingerprint density at radius 1 is 1.21 bits per heavy atom. The third-order valence-corrected chi connectivity index (χ3v) is 6.77. The van der Waals surface area contributed by atoms with E-state index in [-0.39, 0.29) is 39.9 Å². The van der Waals surface area contributed by atoms with E-state index >= 15 is 0 Å². The van der Waals surface area contributed by atoms with Crippen LogP contribution in [0.25, 0.3) is 10.6 Å². The van der Waals surface area contributed by atoms with Gasteiger partial charge in [0.2, 0.25) is 5.43 Å². The van der Waals surface area contributed by atoms with Crippen LogP contribution in [-0.2, 0) is 11.2 Å². The highest BCUT2D eigenvalue weighted by atomic mass is 32.1. The Labute approximate surface area is 194 Å². The molecule has 5 rings (SSSR count). The summed E-state index contributed by atoms with van der Waals surface area (Å²) in [6.07, 6.45) is 0.691. The predicted octanol–water partition coefficient (Wildman–Crippen LogP) is 1.85. The summed E-state index contributed by atoms with van der Waals surface area (Å²) in [6.45, 7) is 3.21. The number of aromatic nitrogens is 3. The summed E-state index contributed by atoms with van der Waals surface area (Å²) in [6, 6.07) is 1.15. The minimum absolute atomic E-state index is 0.0203. The van der Waals surface area contributed by atoms with Gasteiger partial charge in [0, 0.05) is 36.9 Å². The number of carbonyl (C=O) groups is 1. The number of nitrogens with zero attached hydrogens (tertiary/aromatic N) is 5. The molecule has 1 amide bonds. The Bertz CT molecular complexity index is 1340. The average Bonchev–Trinajstić information content (AvgIpc) is 3.27. The van der Waals surface area contributed by atoms with Crippen LogP contribution in [0, 0.1) is 17.5 Å². The Kier molecular flexibility index (Phi) is 5.52. The van der Waals surface area contributed by atoms with Crippen molar-refractivity contribution in [1.29, 1.82) is 0 Å². The molecule has 34 heavy (non-hydrogen) atoms. The molecule has 1 atom stereocenters. The maximum Gasteiger partial charge on any atom is 0.278 e. The Balaban J connectivity index is 1.56. The molecule has 0 radical (unpaired) electrons. The minimum Gasteiger partial charge on any atom is -0.502 e. The summed E-state index contributed by atoms with van der Waals surface area (Å²) in [5.41, 5.74) is -1.37. The van der Waals surface area contributed by atoms with Crippen molar-refractivity contribution >= 4 is 17.2 Å². The zero-order valence-electron chi connectivity index (χ0n) is 17.8. The molecule has 1 aromatic carbocycles. The first-order valence-corrected chi connectivity index (χ1v) is 11.2. The van der Waals surface area contributed by atoms with Crippen LogP contribution >= 0.6 is 11.3 Å².